The van der Waals surface area contributed by atoms with Gasteiger partial charge in [-0.2, -0.15) is 0 Å². The number of fused-ring (bicyclic) bond motifs is 1. The smallest absolute Gasteiger partial charge is 0.123 e. The second-order valence-corrected chi connectivity index (χ2v) is 5.20. The fraction of sp³-hybridized carbons (Fsp3) is 0.158. The first kappa shape index (κ1) is 14.4. The Labute approximate surface area is 130 Å². The third-order valence-electron chi connectivity index (χ3n) is 3.83. The summed E-state index contributed by atoms with van der Waals surface area (Å²) in [6, 6.07) is 19.7. The Balaban J connectivity index is 1.78. The van der Waals surface area contributed by atoms with E-state index in [0.29, 0.717) is 18.8 Å². The van der Waals surface area contributed by atoms with Crippen molar-refractivity contribution in [1.82, 2.24) is 5.32 Å². The van der Waals surface area contributed by atoms with E-state index in [1.165, 1.54) is 0 Å². The Morgan fingerprint density at radius 3 is 2.55 bits per heavy atom. The Hall–Kier alpha value is -2.52. The Morgan fingerprint density at radius 1 is 0.909 bits per heavy atom. The van der Waals surface area contributed by atoms with Crippen LogP contribution in [0.2, 0.25) is 0 Å². The van der Waals surface area contributed by atoms with Crippen LogP contribution in [-0.4, -0.2) is 12.2 Å². The van der Waals surface area contributed by atoms with Crippen LogP contribution in [-0.2, 0) is 13.1 Å². The summed E-state index contributed by atoms with van der Waals surface area (Å²) < 4.78 is 5.35. The maximum absolute atomic E-state index is 10.1. The molecule has 0 spiro atoms. The molecule has 0 fully saturated rings. The highest BCUT2D eigenvalue weighted by Crippen LogP contribution is 2.27. The molecule has 0 unspecified atom stereocenters. The molecule has 0 heterocycles. The number of rotatable bonds is 5. The predicted octanol–water partition coefficient (Wildman–Crippen LogP) is 3.84. The Bertz CT molecular complexity index is 783. The molecule has 112 valence electrons. The van der Waals surface area contributed by atoms with Crippen molar-refractivity contribution in [1.29, 1.82) is 0 Å². The topological polar surface area (TPSA) is 41.5 Å². The Kier molecular flexibility index (Phi) is 4.26. The van der Waals surface area contributed by atoms with Crippen molar-refractivity contribution in [3.8, 4) is 11.5 Å². The molecular weight excluding hydrogens is 274 g/mol. The van der Waals surface area contributed by atoms with Gasteiger partial charge in [-0.05, 0) is 22.9 Å². The lowest BCUT2D eigenvalue weighted by Crippen LogP contribution is -2.13. The molecular formula is C19H19NO2. The van der Waals surface area contributed by atoms with Gasteiger partial charge in [-0.25, -0.2) is 0 Å². The van der Waals surface area contributed by atoms with Gasteiger partial charge in [0.2, 0.25) is 0 Å². The van der Waals surface area contributed by atoms with E-state index in [1.54, 1.807) is 13.2 Å². The summed E-state index contributed by atoms with van der Waals surface area (Å²) in [6.45, 7) is 1.29. The molecule has 22 heavy (non-hydrogen) atoms. The van der Waals surface area contributed by atoms with Gasteiger partial charge in [-0.1, -0.05) is 48.5 Å². The Morgan fingerprint density at radius 2 is 1.68 bits per heavy atom. The van der Waals surface area contributed by atoms with Crippen molar-refractivity contribution >= 4 is 10.8 Å². The van der Waals surface area contributed by atoms with Gasteiger partial charge in [0.1, 0.15) is 11.5 Å². The molecule has 0 aliphatic carbocycles. The highest BCUT2D eigenvalue weighted by atomic mass is 16.5. The van der Waals surface area contributed by atoms with Crippen LogP contribution in [0.1, 0.15) is 11.1 Å². The highest BCUT2D eigenvalue weighted by molar-refractivity contribution is 5.87. The number of nitrogens with one attached hydrogen (secondary N) is 1. The van der Waals surface area contributed by atoms with E-state index in [1.807, 2.05) is 48.5 Å². The van der Waals surface area contributed by atoms with Gasteiger partial charge < -0.3 is 15.2 Å². The number of hydrogen-bond acceptors (Lipinski definition) is 3. The van der Waals surface area contributed by atoms with Gasteiger partial charge in [-0.15, -0.1) is 0 Å². The van der Waals surface area contributed by atoms with Crippen molar-refractivity contribution < 1.29 is 9.84 Å². The molecule has 2 N–H and O–H groups in total. The van der Waals surface area contributed by atoms with Gasteiger partial charge in [0.25, 0.3) is 0 Å². The van der Waals surface area contributed by atoms with E-state index < -0.39 is 0 Å². The lowest BCUT2D eigenvalue weighted by molar-refractivity contribution is 0.407. The average Bonchev–Trinajstić information content (AvgIpc) is 2.57. The summed E-state index contributed by atoms with van der Waals surface area (Å²) in [5.41, 5.74) is 2.03. The third kappa shape index (κ3) is 2.90. The van der Waals surface area contributed by atoms with Gasteiger partial charge >= 0.3 is 0 Å². The molecule has 3 heteroatoms. The van der Waals surface area contributed by atoms with Crippen LogP contribution >= 0.6 is 0 Å². The van der Waals surface area contributed by atoms with E-state index in [2.05, 4.69) is 11.4 Å². The molecule has 0 amide bonds. The minimum absolute atomic E-state index is 0.325. The van der Waals surface area contributed by atoms with E-state index >= 15 is 0 Å². The quantitative estimate of drug-likeness (QED) is 0.751. The SMILES string of the molecule is COc1ccccc1CNCc1c(O)ccc2ccccc12. The highest BCUT2D eigenvalue weighted by Gasteiger charge is 2.07. The number of hydrogen-bond donors (Lipinski definition) is 2. The summed E-state index contributed by atoms with van der Waals surface area (Å²) >= 11 is 0. The van der Waals surface area contributed by atoms with Crippen molar-refractivity contribution in [3.63, 3.8) is 0 Å². The third-order valence-corrected chi connectivity index (χ3v) is 3.83. The molecule has 0 saturated carbocycles. The fourth-order valence-electron chi connectivity index (χ4n) is 2.68. The van der Waals surface area contributed by atoms with Gasteiger partial charge in [0.15, 0.2) is 0 Å². The summed E-state index contributed by atoms with van der Waals surface area (Å²) in [5.74, 6) is 1.20. The second kappa shape index (κ2) is 6.50. The molecule has 3 aromatic carbocycles. The molecule has 3 aromatic rings. The first-order valence-electron chi connectivity index (χ1n) is 7.32. The maximum atomic E-state index is 10.1. The summed E-state index contributed by atoms with van der Waals surface area (Å²) in [7, 11) is 1.68. The zero-order valence-electron chi connectivity index (χ0n) is 12.5. The minimum Gasteiger partial charge on any atom is -0.508 e. The first-order valence-corrected chi connectivity index (χ1v) is 7.32. The molecule has 0 bridgehead atoms. The van der Waals surface area contributed by atoms with Crippen molar-refractivity contribution in [2.45, 2.75) is 13.1 Å². The molecule has 0 saturated heterocycles. The normalized spacial score (nSPS) is 10.8. The standard InChI is InChI=1S/C19H19NO2/c1-22-19-9-5-3-7-15(19)12-20-13-17-16-8-4-2-6-14(16)10-11-18(17)21/h2-11,20-21H,12-13H2,1H3. The van der Waals surface area contributed by atoms with Crippen molar-refractivity contribution in [2.75, 3.05) is 7.11 Å². The summed E-state index contributed by atoms with van der Waals surface area (Å²) in [6.07, 6.45) is 0. The van der Waals surface area contributed by atoms with Crippen molar-refractivity contribution in [2.24, 2.45) is 0 Å². The predicted molar refractivity (Wildman–Crippen MR) is 89.2 cm³/mol. The summed E-state index contributed by atoms with van der Waals surface area (Å²) in [5, 5.41) is 15.7. The van der Waals surface area contributed by atoms with E-state index in [-0.39, 0.29) is 0 Å². The largest absolute Gasteiger partial charge is 0.508 e. The number of methoxy groups -OCH3 is 1. The molecule has 0 atom stereocenters. The lowest BCUT2D eigenvalue weighted by Gasteiger charge is -2.12. The van der Waals surface area contributed by atoms with Crippen LogP contribution in [0.15, 0.2) is 60.7 Å². The zero-order valence-corrected chi connectivity index (χ0v) is 12.5. The van der Waals surface area contributed by atoms with Crippen LogP contribution in [0.4, 0.5) is 0 Å². The number of para-hydroxylation sites is 1. The monoisotopic (exact) mass is 293 g/mol. The molecule has 0 aromatic heterocycles. The first-order chi connectivity index (χ1) is 10.8. The van der Waals surface area contributed by atoms with Gasteiger partial charge in [0, 0.05) is 24.2 Å². The average molecular weight is 293 g/mol. The number of benzene rings is 3. The molecule has 3 nitrogen and oxygen atoms in total. The van der Waals surface area contributed by atoms with Crippen LogP contribution in [0, 0.1) is 0 Å². The van der Waals surface area contributed by atoms with E-state index in [4.69, 9.17) is 4.74 Å². The van der Waals surface area contributed by atoms with Gasteiger partial charge in [-0.3, -0.25) is 0 Å². The van der Waals surface area contributed by atoms with Crippen LogP contribution in [0.5, 0.6) is 11.5 Å². The fourth-order valence-corrected chi connectivity index (χ4v) is 2.68. The summed E-state index contributed by atoms with van der Waals surface area (Å²) in [4.78, 5) is 0. The van der Waals surface area contributed by atoms with Crippen LogP contribution in [0.25, 0.3) is 10.8 Å². The minimum atomic E-state index is 0.325. The number of phenols is 1. The molecule has 0 radical (unpaired) electrons. The maximum Gasteiger partial charge on any atom is 0.123 e. The van der Waals surface area contributed by atoms with Crippen LogP contribution in [0.3, 0.4) is 0 Å². The number of aromatic hydroxyl groups is 1. The second-order valence-electron chi connectivity index (χ2n) is 5.20. The van der Waals surface area contributed by atoms with Crippen LogP contribution < -0.4 is 10.1 Å². The molecule has 3 rings (SSSR count). The zero-order chi connectivity index (χ0) is 15.4. The van der Waals surface area contributed by atoms with Crippen molar-refractivity contribution in [3.05, 3.63) is 71.8 Å². The van der Waals surface area contributed by atoms with E-state index in [9.17, 15) is 5.11 Å². The number of phenolic OH excluding ortho intramolecular Hbond substituents is 1. The lowest BCUT2D eigenvalue weighted by atomic mass is 10.0. The van der Waals surface area contributed by atoms with Gasteiger partial charge in [0.05, 0.1) is 7.11 Å². The molecule has 0 aliphatic rings. The molecule has 0 aliphatic heterocycles. The van der Waals surface area contributed by atoms with E-state index in [0.717, 1.165) is 27.6 Å². The number of ether oxygens (including phenoxy) is 1.